The number of hydrogen-bond acceptors (Lipinski definition) is 5. The maximum absolute atomic E-state index is 6.39. The van der Waals surface area contributed by atoms with Crippen molar-refractivity contribution in [2.45, 2.75) is 64.9 Å². The van der Waals surface area contributed by atoms with Crippen LogP contribution in [-0.2, 0) is 23.2 Å². The van der Waals surface area contributed by atoms with Crippen LogP contribution in [0.25, 0.3) is 22.5 Å². The Labute approximate surface area is 177 Å². The van der Waals surface area contributed by atoms with E-state index in [1.807, 2.05) is 0 Å². The summed E-state index contributed by atoms with van der Waals surface area (Å²) in [6.07, 6.45) is 6.02. The molecule has 6 nitrogen and oxygen atoms in total. The SMILES string of the molecule is CCC1(c2nc3c(c(-c4ccccc4)c2-c2nn[nH]n2)CC(C)(C)CC3)CCCO1. The lowest BCUT2D eigenvalue weighted by atomic mass is 9.72. The first kappa shape index (κ1) is 19.4. The Balaban J connectivity index is 1.87. The molecule has 0 radical (unpaired) electrons. The fourth-order valence-electron chi connectivity index (χ4n) is 5.16. The van der Waals surface area contributed by atoms with Gasteiger partial charge in [-0.15, -0.1) is 10.2 Å². The third-order valence-electron chi connectivity index (χ3n) is 6.82. The van der Waals surface area contributed by atoms with Crippen LogP contribution in [-0.4, -0.2) is 32.2 Å². The van der Waals surface area contributed by atoms with Crippen molar-refractivity contribution in [3.05, 3.63) is 47.3 Å². The van der Waals surface area contributed by atoms with Gasteiger partial charge < -0.3 is 4.74 Å². The van der Waals surface area contributed by atoms with Crippen molar-refractivity contribution in [2.24, 2.45) is 5.41 Å². The van der Waals surface area contributed by atoms with Gasteiger partial charge in [-0.25, -0.2) is 0 Å². The number of tetrazole rings is 1. The highest BCUT2D eigenvalue weighted by atomic mass is 16.5. The maximum atomic E-state index is 6.39. The Kier molecular flexibility index (Phi) is 4.69. The van der Waals surface area contributed by atoms with Gasteiger partial charge in [-0.05, 0) is 65.8 Å². The zero-order valence-corrected chi connectivity index (χ0v) is 18.0. The third-order valence-corrected chi connectivity index (χ3v) is 6.82. The summed E-state index contributed by atoms with van der Waals surface area (Å²) in [5.41, 5.74) is 6.73. The van der Waals surface area contributed by atoms with Crippen molar-refractivity contribution in [1.29, 1.82) is 0 Å². The highest BCUT2D eigenvalue weighted by Gasteiger charge is 2.42. The van der Waals surface area contributed by atoms with Crippen molar-refractivity contribution in [3.8, 4) is 22.5 Å². The van der Waals surface area contributed by atoms with Gasteiger partial charge in [0.05, 0.1) is 11.3 Å². The van der Waals surface area contributed by atoms with E-state index in [0.717, 1.165) is 56.4 Å². The molecular formula is C24H29N5O. The fraction of sp³-hybridized carbons (Fsp3) is 0.500. The molecular weight excluding hydrogens is 374 g/mol. The second-order valence-electron chi connectivity index (χ2n) is 9.38. The fourth-order valence-corrected chi connectivity index (χ4v) is 5.16. The van der Waals surface area contributed by atoms with Gasteiger partial charge in [-0.1, -0.05) is 51.1 Å². The smallest absolute Gasteiger partial charge is 0.207 e. The summed E-state index contributed by atoms with van der Waals surface area (Å²) in [5.74, 6) is 0.603. The summed E-state index contributed by atoms with van der Waals surface area (Å²) in [4.78, 5) is 5.30. The molecule has 0 amide bonds. The third kappa shape index (κ3) is 3.14. The van der Waals surface area contributed by atoms with Gasteiger partial charge in [0.1, 0.15) is 5.60 Å². The van der Waals surface area contributed by atoms with Crippen LogP contribution in [0.15, 0.2) is 30.3 Å². The lowest BCUT2D eigenvalue weighted by Gasteiger charge is -2.36. The average Bonchev–Trinajstić information content (AvgIpc) is 3.45. The van der Waals surface area contributed by atoms with E-state index in [1.54, 1.807) is 0 Å². The van der Waals surface area contributed by atoms with Crippen LogP contribution in [0.5, 0.6) is 0 Å². The number of ether oxygens (including phenoxy) is 1. The molecule has 2 aromatic heterocycles. The maximum Gasteiger partial charge on any atom is 0.207 e. The quantitative estimate of drug-likeness (QED) is 0.673. The number of fused-ring (bicyclic) bond motifs is 1. The van der Waals surface area contributed by atoms with E-state index in [9.17, 15) is 0 Å². The van der Waals surface area contributed by atoms with Gasteiger partial charge in [-0.3, -0.25) is 4.98 Å². The van der Waals surface area contributed by atoms with Gasteiger partial charge in [0.25, 0.3) is 0 Å². The van der Waals surface area contributed by atoms with Crippen molar-refractivity contribution >= 4 is 0 Å². The van der Waals surface area contributed by atoms with Crippen molar-refractivity contribution in [1.82, 2.24) is 25.6 Å². The van der Waals surface area contributed by atoms with Crippen LogP contribution in [0, 0.1) is 5.41 Å². The van der Waals surface area contributed by atoms with Crippen LogP contribution in [0.2, 0.25) is 0 Å². The zero-order valence-electron chi connectivity index (χ0n) is 18.0. The molecule has 3 heterocycles. The summed E-state index contributed by atoms with van der Waals surface area (Å²) in [6.45, 7) is 7.66. The highest BCUT2D eigenvalue weighted by Crippen LogP contribution is 2.49. The van der Waals surface area contributed by atoms with Crippen LogP contribution >= 0.6 is 0 Å². The average molecular weight is 404 g/mol. The van der Waals surface area contributed by atoms with Crippen LogP contribution in [0.4, 0.5) is 0 Å². The summed E-state index contributed by atoms with van der Waals surface area (Å²) in [5, 5.41) is 15.4. The van der Waals surface area contributed by atoms with Gasteiger partial charge in [-0.2, -0.15) is 5.21 Å². The Morgan fingerprint density at radius 1 is 1.10 bits per heavy atom. The molecule has 3 aromatic rings. The topological polar surface area (TPSA) is 76.6 Å². The number of hydrogen-bond donors (Lipinski definition) is 1. The molecule has 2 aliphatic rings. The first-order valence-electron chi connectivity index (χ1n) is 11.0. The standard InChI is InChI=1S/C24H29N5O/c1-4-24(12-8-14-30-24)21-20(22-26-28-29-27-22)19(16-9-6-5-7-10-16)17-15-23(2,3)13-11-18(17)25-21/h5-7,9-10H,4,8,11-15H2,1-3H3,(H,26,27,28,29). The van der Waals surface area contributed by atoms with E-state index in [1.165, 1.54) is 22.4 Å². The Bertz CT molecular complexity index is 1040. The molecule has 30 heavy (non-hydrogen) atoms. The lowest BCUT2D eigenvalue weighted by Crippen LogP contribution is -2.30. The first-order valence-corrected chi connectivity index (χ1v) is 11.0. The monoisotopic (exact) mass is 403 g/mol. The van der Waals surface area contributed by atoms with E-state index < -0.39 is 0 Å². The zero-order chi connectivity index (χ0) is 20.8. The molecule has 0 bridgehead atoms. The molecule has 1 atom stereocenters. The number of H-pyrrole nitrogens is 1. The second kappa shape index (κ2) is 7.27. The van der Waals surface area contributed by atoms with Crippen LogP contribution in [0.3, 0.4) is 0 Å². The Morgan fingerprint density at radius 2 is 1.93 bits per heavy atom. The minimum Gasteiger partial charge on any atom is -0.369 e. The lowest BCUT2D eigenvalue weighted by molar-refractivity contribution is -0.00640. The van der Waals surface area contributed by atoms with Crippen LogP contribution < -0.4 is 0 Å². The van der Waals surface area contributed by atoms with E-state index in [0.29, 0.717) is 5.82 Å². The summed E-state index contributed by atoms with van der Waals surface area (Å²) in [6, 6.07) is 10.6. The van der Waals surface area contributed by atoms with Gasteiger partial charge in [0.2, 0.25) is 5.82 Å². The molecule has 1 aliphatic carbocycles. The Hall–Kier alpha value is -2.60. The molecule has 1 aliphatic heterocycles. The normalized spacial score (nSPS) is 22.8. The minimum atomic E-state index is -0.387. The molecule has 1 N–H and O–H groups in total. The molecule has 1 aromatic carbocycles. The molecule has 6 heteroatoms. The highest BCUT2D eigenvalue weighted by molar-refractivity contribution is 5.85. The number of nitrogens with zero attached hydrogens (tertiary/aromatic N) is 4. The van der Waals surface area contributed by atoms with E-state index in [-0.39, 0.29) is 11.0 Å². The van der Waals surface area contributed by atoms with Gasteiger partial charge in [0, 0.05) is 12.3 Å². The molecule has 1 fully saturated rings. The molecule has 0 saturated carbocycles. The molecule has 1 saturated heterocycles. The number of benzene rings is 1. The molecule has 0 spiro atoms. The minimum absolute atomic E-state index is 0.237. The van der Waals surface area contributed by atoms with Gasteiger partial charge >= 0.3 is 0 Å². The van der Waals surface area contributed by atoms with Crippen LogP contribution in [0.1, 0.15) is 63.4 Å². The predicted octanol–water partition coefficient (Wildman–Crippen LogP) is 4.86. The number of nitrogens with one attached hydrogen (secondary N) is 1. The first-order chi connectivity index (χ1) is 14.5. The second-order valence-corrected chi connectivity index (χ2v) is 9.38. The number of pyridine rings is 1. The summed E-state index contributed by atoms with van der Waals surface area (Å²) >= 11 is 0. The summed E-state index contributed by atoms with van der Waals surface area (Å²) in [7, 11) is 0. The van der Waals surface area contributed by atoms with E-state index in [2.05, 4.69) is 71.7 Å². The van der Waals surface area contributed by atoms with Crippen molar-refractivity contribution in [3.63, 3.8) is 0 Å². The van der Waals surface area contributed by atoms with Crippen molar-refractivity contribution < 1.29 is 4.74 Å². The van der Waals surface area contributed by atoms with E-state index >= 15 is 0 Å². The number of rotatable bonds is 4. The largest absolute Gasteiger partial charge is 0.369 e. The van der Waals surface area contributed by atoms with E-state index in [4.69, 9.17) is 9.72 Å². The Morgan fingerprint density at radius 3 is 2.60 bits per heavy atom. The predicted molar refractivity (Wildman–Crippen MR) is 116 cm³/mol. The molecule has 156 valence electrons. The van der Waals surface area contributed by atoms with Crippen molar-refractivity contribution in [2.75, 3.05) is 6.61 Å². The molecule has 5 rings (SSSR count). The molecule has 1 unspecified atom stereocenters. The number of aryl methyl sites for hydroxylation is 1. The number of aromatic nitrogens is 5. The summed E-state index contributed by atoms with van der Waals surface area (Å²) < 4.78 is 6.39. The van der Waals surface area contributed by atoms with Gasteiger partial charge in [0.15, 0.2) is 0 Å². The number of aromatic amines is 1.